The van der Waals surface area contributed by atoms with E-state index in [1.807, 2.05) is 18.2 Å². The summed E-state index contributed by atoms with van der Waals surface area (Å²) in [4.78, 5) is 10.00. The zero-order chi connectivity index (χ0) is 9.80. The molecule has 1 aromatic carbocycles. The number of carbonyl (C=O) groups excluding carboxylic acids is 1. The van der Waals surface area contributed by atoms with E-state index in [-0.39, 0.29) is 0 Å². The number of fused-ring (bicyclic) bond motifs is 1. The van der Waals surface area contributed by atoms with E-state index in [1.54, 1.807) is 12.4 Å². The van der Waals surface area contributed by atoms with E-state index < -0.39 is 0 Å². The first-order valence-electron chi connectivity index (χ1n) is 4.34. The summed E-state index contributed by atoms with van der Waals surface area (Å²) in [6, 6.07) is 5.53. The van der Waals surface area contributed by atoms with Crippen LogP contribution in [0.2, 0.25) is 0 Å². The predicted molar refractivity (Wildman–Crippen MR) is 52.2 cm³/mol. The fourth-order valence-electron chi connectivity index (χ4n) is 1.29. The molecule has 1 aliphatic heterocycles. The molecule has 14 heavy (non-hydrogen) atoms. The SMILES string of the molecule is O=[C]C=Cc1ccc2c(c1)OCCO2. The molecule has 1 heterocycles. The van der Waals surface area contributed by atoms with E-state index in [0.717, 1.165) is 17.1 Å². The van der Waals surface area contributed by atoms with Crippen molar-refractivity contribution >= 4 is 12.4 Å². The number of rotatable bonds is 2. The summed E-state index contributed by atoms with van der Waals surface area (Å²) in [5.74, 6) is 1.48. The van der Waals surface area contributed by atoms with Gasteiger partial charge in [-0.25, -0.2) is 0 Å². The molecule has 1 radical (unpaired) electrons. The summed E-state index contributed by atoms with van der Waals surface area (Å²) < 4.78 is 10.7. The molecule has 0 amide bonds. The predicted octanol–water partition coefficient (Wildman–Crippen LogP) is 1.58. The van der Waals surface area contributed by atoms with Crippen LogP contribution in [0.15, 0.2) is 24.3 Å². The van der Waals surface area contributed by atoms with Crippen molar-refractivity contribution < 1.29 is 14.3 Å². The van der Waals surface area contributed by atoms with Crippen molar-refractivity contribution in [2.45, 2.75) is 0 Å². The van der Waals surface area contributed by atoms with Gasteiger partial charge in [0.1, 0.15) is 13.2 Å². The van der Waals surface area contributed by atoms with Crippen LogP contribution in [0, 0.1) is 0 Å². The van der Waals surface area contributed by atoms with Gasteiger partial charge in [0.15, 0.2) is 11.5 Å². The van der Waals surface area contributed by atoms with Crippen molar-refractivity contribution in [2.75, 3.05) is 13.2 Å². The van der Waals surface area contributed by atoms with Gasteiger partial charge in [-0.05, 0) is 23.8 Å². The van der Waals surface area contributed by atoms with Gasteiger partial charge in [-0.15, -0.1) is 0 Å². The maximum atomic E-state index is 10.00. The van der Waals surface area contributed by atoms with Crippen molar-refractivity contribution in [3.05, 3.63) is 29.8 Å². The first-order valence-corrected chi connectivity index (χ1v) is 4.34. The van der Waals surface area contributed by atoms with Crippen LogP contribution in [-0.4, -0.2) is 19.5 Å². The lowest BCUT2D eigenvalue weighted by molar-refractivity contribution is 0.171. The van der Waals surface area contributed by atoms with Gasteiger partial charge < -0.3 is 9.47 Å². The number of ether oxygens (including phenoxy) is 2. The molecule has 0 atom stereocenters. The van der Waals surface area contributed by atoms with Crippen LogP contribution in [0.1, 0.15) is 5.56 Å². The average Bonchev–Trinajstić information content (AvgIpc) is 2.26. The molecule has 0 aromatic heterocycles. The van der Waals surface area contributed by atoms with Gasteiger partial charge in [-0.1, -0.05) is 12.1 Å². The molecule has 0 aliphatic carbocycles. The summed E-state index contributed by atoms with van der Waals surface area (Å²) in [5, 5.41) is 0. The average molecular weight is 189 g/mol. The molecule has 0 unspecified atom stereocenters. The highest BCUT2D eigenvalue weighted by atomic mass is 16.6. The minimum atomic E-state index is 0.569. The Bertz CT molecular complexity index is 369. The largest absolute Gasteiger partial charge is 0.486 e. The molecule has 3 nitrogen and oxygen atoms in total. The molecule has 0 N–H and O–H groups in total. The lowest BCUT2D eigenvalue weighted by Gasteiger charge is -2.18. The Morgan fingerprint density at radius 2 is 2.00 bits per heavy atom. The van der Waals surface area contributed by atoms with Crippen molar-refractivity contribution in [3.8, 4) is 11.5 Å². The highest BCUT2D eigenvalue weighted by Crippen LogP contribution is 2.30. The highest BCUT2D eigenvalue weighted by Gasteiger charge is 2.10. The van der Waals surface area contributed by atoms with E-state index in [1.165, 1.54) is 6.08 Å². The molecular formula is C11H9O3. The Morgan fingerprint density at radius 3 is 2.79 bits per heavy atom. The van der Waals surface area contributed by atoms with Gasteiger partial charge in [0.25, 0.3) is 0 Å². The Kier molecular flexibility index (Phi) is 2.49. The van der Waals surface area contributed by atoms with Crippen LogP contribution < -0.4 is 9.47 Å². The lowest BCUT2D eigenvalue weighted by Crippen LogP contribution is -2.15. The smallest absolute Gasteiger partial charge is 0.225 e. The first kappa shape index (κ1) is 8.81. The van der Waals surface area contributed by atoms with E-state index in [2.05, 4.69) is 0 Å². The van der Waals surface area contributed by atoms with Crippen molar-refractivity contribution in [1.29, 1.82) is 0 Å². The van der Waals surface area contributed by atoms with Crippen LogP contribution in [0.3, 0.4) is 0 Å². The fourth-order valence-corrected chi connectivity index (χ4v) is 1.29. The summed E-state index contributed by atoms with van der Waals surface area (Å²) >= 11 is 0. The van der Waals surface area contributed by atoms with Gasteiger partial charge >= 0.3 is 0 Å². The molecule has 1 aliphatic rings. The molecule has 0 fully saturated rings. The van der Waals surface area contributed by atoms with Crippen molar-refractivity contribution in [2.24, 2.45) is 0 Å². The third kappa shape index (κ3) is 1.76. The van der Waals surface area contributed by atoms with Gasteiger partial charge in [0, 0.05) is 0 Å². The molecule has 3 heteroatoms. The maximum Gasteiger partial charge on any atom is 0.225 e. The van der Waals surface area contributed by atoms with Crippen molar-refractivity contribution in [1.82, 2.24) is 0 Å². The quantitative estimate of drug-likeness (QED) is 0.662. The number of allylic oxidation sites excluding steroid dienone is 1. The Labute approximate surface area is 81.9 Å². The van der Waals surface area contributed by atoms with Gasteiger partial charge in [0.05, 0.1) is 0 Å². The molecule has 0 bridgehead atoms. The summed E-state index contributed by atoms with van der Waals surface area (Å²) in [6.07, 6.45) is 4.69. The molecule has 1 aromatic rings. The number of benzene rings is 1. The Balaban J connectivity index is 2.28. The maximum absolute atomic E-state index is 10.00. The lowest BCUT2D eigenvalue weighted by atomic mass is 10.2. The van der Waals surface area contributed by atoms with Crippen LogP contribution >= 0.6 is 0 Å². The standard InChI is InChI=1S/C11H9O3/c12-5-1-2-9-3-4-10-11(8-9)14-7-6-13-10/h1-4,8H,6-7H2. The van der Waals surface area contributed by atoms with Crippen LogP contribution in [-0.2, 0) is 4.79 Å². The van der Waals surface area contributed by atoms with E-state index in [4.69, 9.17) is 9.47 Å². The summed E-state index contributed by atoms with van der Waals surface area (Å²) in [6.45, 7) is 1.16. The van der Waals surface area contributed by atoms with Crippen LogP contribution in [0.5, 0.6) is 11.5 Å². The van der Waals surface area contributed by atoms with Crippen LogP contribution in [0.25, 0.3) is 6.08 Å². The second kappa shape index (κ2) is 3.96. The molecule has 2 rings (SSSR count). The zero-order valence-corrected chi connectivity index (χ0v) is 7.53. The monoisotopic (exact) mass is 189 g/mol. The molecule has 0 saturated heterocycles. The Morgan fingerprint density at radius 1 is 1.21 bits per heavy atom. The summed E-state index contributed by atoms with van der Waals surface area (Å²) in [5.41, 5.74) is 0.901. The zero-order valence-electron chi connectivity index (χ0n) is 7.53. The molecular weight excluding hydrogens is 180 g/mol. The summed E-state index contributed by atoms with van der Waals surface area (Å²) in [7, 11) is 0. The fraction of sp³-hybridized carbons (Fsp3) is 0.182. The minimum absolute atomic E-state index is 0.569. The van der Waals surface area contributed by atoms with E-state index in [9.17, 15) is 4.79 Å². The topological polar surface area (TPSA) is 35.5 Å². The number of hydrogen-bond acceptors (Lipinski definition) is 3. The number of hydrogen-bond donors (Lipinski definition) is 0. The molecule has 0 spiro atoms. The van der Waals surface area contributed by atoms with E-state index in [0.29, 0.717) is 13.2 Å². The molecule has 0 saturated carbocycles. The van der Waals surface area contributed by atoms with E-state index >= 15 is 0 Å². The Hall–Kier alpha value is -1.77. The van der Waals surface area contributed by atoms with Gasteiger partial charge in [-0.3, -0.25) is 4.79 Å². The third-order valence-electron chi connectivity index (χ3n) is 1.91. The first-order chi connectivity index (χ1) is 6.90. The molecule has 71 valence electrons. The second-order valence-electron chi connectivity index (χ2n) is 2.85. The van der Waals surface area contributed by atoms with Crippen LogP contribution in [0.4, 0.5) is 0 Å². The second-order valence-corrected chi connectivity index (χ2v) is 2.85. The highest BCUT2D eigenvalue weighted by molar-refractivity contribution is 5.74. The van der Waals surface area contributed by atoms with Crippen molar-refractivity contribution in [3.63, 3.8) is 0 Å². The van der Waals surface area contributed by atoms with Gasteiger partial charge in [-0.2, -0.15) is 0 Å². The third-order valence-corrected chi connectivity index (χ3v) is 1.91. The normalized spacial score (nSPS) is 14.3. The minimum Gasteiger partial charge on any atom is -0.486 e. The van der Waals surface area contributed by atoms with Gasteiger partial charge in [0.2, 0.25) is 6.29 Å².